The van der Waals surface area contributed by atoms with Crippen LogP contribution in [0.2, 0.25) is 0 Å². The van der Waals surface area contributed by atoms with Gasteiger partial charge in [-0.05, 0) is 66.0 Å². The highest BCUT2D eigenvalue weighted by atomic mass is 15.2. The molecule has 110 valence electrons. The van der Waals surface area contributed by atoms with E-state index in [2.05, 4.69) is 56.9 Å². The zero-order valence-electron chi connectivity index (χ0n) is 13.5. The maximum Gasteiger partial charge on any atom is 0.0194 e. The summed E-state index contributed by atoms with van der Waals surface area (Å²) in [6.07, 6.45) is 2.59. The van der Waals surface area contributed by atoms with Gasteiger partial charge in [0.25, 0.3) is 0 Å². The fourth-order valence-corrected chi connectivity index (χ4v) is 2.29. The largest absolute Gasteiger partial charge is 0.316 e. The van der Waals surface area contributed by atoms with Gasteiger partial charge in [0.1, 0.15) is 0 Å². The van der Waals surface area contributed by atoms with Gasteiger partial charge in [-0.2, -0.15) is 0 Å². The summed E-state index contributed by atoms with van der Waals surface area (Å²) < 4.78 is 0. The van der Waals surface area contributed by atoms with Crippen molar-refractivity contribution in [2.24, 2.45) is 5.92 Å². The molecule has 0 bridgehead atoms. The number of hydrogen-bond acceptors (Lipinski definition) is 3. The quantitative estimate of drug-likeness (QED) is 0.573. The summed E-state index contributed by atoms with van der Waals surface area (Å²) in [6.45, 7) is 15.0. The van der Waals surface area contributed by atoms with Crippen LogP contribution in [-0.2, 0) is 0 Å². The lowest BCUT2D eigenvalue weighted by Crippen LogP contribution is -2.40. The molecule has 3 nitrogen and oxygen atoms in total. The summed E-state index contributed by atoms with van der Waals surface area (Å²) in [4.78, 5) is 4.86. The molecule has 0 amide bonds. The number of rotatable bonds is 11. The molecule has 0 fully saturated rings. The molecule has 0 aromatic rings. The Hall–Kier alpha value is -0.120. The number of likely N-dealkylation sites (N-methyl/N-ethyl adjacent to an activating group) is 2. The first kappa shape index (κ1) is 17.9. The van der Waals surface area contributed by atoms with Crippen LogP contribution in [0.5, 0.6) is 0 Å². The maximum absolute atomic E-state index is 3.51. The van der Waals surface area contributed by atoms with Gasteiger partial charge in [0.15, 0.2) is 0 Å². The van der Waals surface area contributed by atoms with Crippen molar-refractivity contribution in [3.63, 3.8) is 0 Å². The van der Waals surface area contributed by atoms with Crippen LogP contribution in [0.4, 0.5) is 0 Å². The monoisotopic (exact) mass is 257 g/mol. The van der Waals surface area contributed by atoms with E-state index < -0.39 is 0 Å². The number of unbranched alkanes of at least 4 members (excludes halogenated alkanes) is 1. The summed E-state index contributed by atoms with van der Waals surface area (Å²) in [5, 5.41) is 3.51. The van der Waals surface area contributed by atoms with Crippen LogP contribution in [0, 0.1) is 5.92 Å². The van der Waals surface area contributed by atoms with Crippen molar-refractivity contribution >= 4 is 0 Å². The highest BCUT2D eigenvalue weighted by Gasteiger charge is 2.11. The summed E-state index contributed by atoms with van der Waals surface area (Å²) in [5.74, 6) is 0.761. The molecule has 0 heterocycles. The number of nitrogens with one attached hydrogen (secondary N) is 1. The highest BCUT2D eigenvalue weighted by Crippen LogP contribution is 2.03. The third-order valence-electron chi connectivity index (χ3n) is 3.26. The van der Waals surface area contributed by atoms with Gasteiger partial charge >= 0.3 is 0 Å². The van der Waals surface area contributed by atoms with Crippen LogP contribution in [-0.4, -0.2) is 62.7 Å². The fourth-order valence-electron chi connectivity index (χ4n) is 2.29. The summed E-state index contributed by atoms with van der Waals surface area (Å²) in [6, 6.07) is 0.661. The van der Waals surface area contributed by atoms with Crippen LogP contribution in [0.25, 0.3) is 0 Å². The van der Waals surface area contributed by atoms with E-state index in [-0.39, 0.29) is 0 Å². The first-order chi connectivity index (χ1) is 8.47. The SMILES string of the molecule is CCN(CCCCNCC(C)C)C(C)CN(C)C. The molecule has 0 rings (SSSR count). The van der Waals surface area contributed by atoms with E-state index in [1.54, 1.807) is 0 Å². The molecular weight excluding hydrogens is 222 g/mol. The molecule has 0 aliphatic carbocycles. The smallest absolute Gasteiger partial charge is 0.0194 e. The van der Waals surface area contributed by atoms with Gasteiger partial charge in [-0.25, -0.2) is 0 Å². The minimum Gasteiger partial charge on any atom is -0.316 e. The maximum atomic E-state index is 3.51. The molecule has 0 saturated carbocycles. The van der Waals surface area contributed by atoms with Crippen molar-refractivity contribution in [3.8, 4) is 0 Å². The van der Waals surface area contributed by atoms with Gasteiger partial charge in [-0.3, -0.25) is 4.90 Å². The van der Waals surface area contributed by atoms with Crippen LogP contribution < -0.4 is 5.32 Å². The van der Waals surface area contributed by atoms with Gasteiger partial charge < -0.3 is 10.2 Å². The van der Waals surface area contributed by atoms with E-state index in [0.717, 1.165) is 32.1 Å². The molecule has 0 aliphatic rings. The Balaban J connectivity index is 3.61. The molecule has 0 aromatic carbocycles. The summed E-state index contributed by atoms with van der Waals surface area (Å²) in [5.41, 5.74) is 0. The summed E-state index contributed by atoms with van der Waals surface area (Å²) >= 11 is 0. The van der Waals surface area contributed by atoms with Crippen molar-refractivity contribution in [2.75, 3.05) is 46.8 Å². The van der Waals surface area contributed by atoms with Gasteiger partial charge in [-0.1, -0.05) is 20.8 Å². The predicted octanol–water partition coefficient (Wildman–Crippen LogP) is 2.28. The van der Waals surface area contributed by atoms with E-state index in [1.807, 2.05) is 0 Å². The van der Waals surface area contributed by atoms with Crippen molar-refractivity contribution in [2.45, 2.75) is 46.6 Å². The Bertz CT molecular complexity index is 181. The average Bonchev–Trinajstić information content (AvgIpc) is 2.26. The van der Waals surface area contributed by atoms with E-state index >= 15 is 0 Å². The van der Waals surface area contributed by atoms with Crippen LogP contribution in [0.15, 0.2) is 0 Å². The molecule has 1 atom stereocenters. The van der Waals surface area contributed by atoms with Crippen molar-refractivity contribution in [1.82, 2.24) is 15.1 Å². The standard InChI is InChI=1S/C15H35N3/c1-7-18(15(4)13-17(5)6)11-9-8-10-16-12-14(2)3/h14-16H,7-13H2,1-6H3. The van der Waals surface area contributed by atoms with E-state index in [9.17, 15) is 0 Å². The van der Waals surface area contributed by atoms with Crippen LogP contribution in [0.3, 0.4) is 0 Å². The molecule has 0 saturated heterocycles. The summed E-state index contributed by atoms with van der Waals surface area (Å²) in [7, 11) is 4.31. The highest BCUT2D eigenvalue weighted by molar-refractivity contribution is 4.68. The lowest BCUT2D eigenvalue weighted by atomic mass is 10.2. The zero-order valence-corrected chi connectivity index (χ0v) is 13.5. The minimum atomic E-state index is 0.661. The van der Waals surface area contributed by atoms with Crippen LogP contribution >= 0.6 is 0 Å². The Morgan fingerprint density at radius 2 is 1.72 bits per heavy atom. The average molecular weight is 257 g/mol. The zero-order chi connectivity index (χ0) is 14.0. The first-order valence-electron chi connectivity index (χ1n) is 7.56. The molecule has 1 N–H and O–H groups in total. The Kier molecular flexibility index (Phi) is 10.7. The van der Waals surface area contributed by atoms with Crippen molar-refractivity contribution in [1.29, 1.82) is 0 Å². The normalized spacial score (nSPS) is 13.8. The lowest BCUT2D eigenvalue weighted by molar-refractivity contribution is 0.178. The topological polar surface area (TPSA) is 18.5 Å². The Labute approximate surface area is 115 Å². The second kappa shape index (κ2) is 10.8. The molecule has 0 spiro atoms. The van der Waals surface area contributed by atoms with Crippen molar-refractivity contribution in [3.05, 3.63) is 0 Å². The van der Waals surface area contributed by atoms with Crippen LogP contribution in [0.1, 0.15) is 40.5 Å². The lowest BCUT2D eigenvalue weighted by Gasteiger charge is -2.30. The molecular formula is C15H35N3. The van der Waals surface area contributed by atoms with Crippen molar-refractivity contribution < 1.29 is 0 Å². The van der Waals surface area contributed by atoms with E-state index in [1.165, 1.54) is 19.4 Å². The molecule has 18 heavy (non-hydrogen) atoms. The molecule has 1 unspecified atom stereocenters. The van der Waals surface area contributed by atoms with Gasteiger partial charge in [0.2, 0.25) is 0 Å². The van der Waals surface area contributed by atoms with Gasteiger partial charge in [-0.15, -0.1) is 0 Å². The Morgan fingerprint density at radius 3 is 2.22 bits per heavy atom. The van der Waals surface area contributed by atoms with Gasteiger partial charge in [0.05, 0.1) is 0 Å². The Morgan fingerprint density at radius 1 is 1.06 bits per heavy atom. The molecule has 3 heteroatoms. The first-order valence-corrected chi connectivity index (χ1v) is 7.56. The third-order valence-corrected chi connectivity index (χ3v) is 3.26. The third kappa shape index (κ3) is 9.86. The minimum absolute atomic E-state index is 0.661. The second-order valence-corrected chi connectivity index (χ2v) is 6.04. The number of hydrogen-bond donors (Lipinski definition) is 1. The van der Waals surface area contributed by atoms with E-state index in [4.69, 9.17) is 0 Å². The molecule has 0 radical (unpaired) electrons. The predicted molar refractivity (Wildman–Crippen MR) is 82.2 cm³/mol. The van der Waals surface area contributed by atoms with E-state index in [0.29, 0.717) is 6.04 Å². The number of nitrogens with zero attached hydrogens (tertiary/aromatic N) is 2. The fraction of sp³-hybridized carbons (Fsp3) is 1.00. The molecule has 0 aromatic heterocycles. The second-order valence-electron chi connectivity index (χ2n) is 6.04. The van der Waals surface area contributed by atoms with Gasteiger partial charge in [0, 0.05) is 12.6 Å². The molecule has 0 aliphatic heterocycles.